The summed E-state index contributed by atoms with van der Waals surface area (Å²) in [6.07, 6.45) is 1.14. The highest BCUT2D eigenvalue weighted by molar-refractivity contribution is 5.66. The van der Waals surface area contributed by atoms with Crippen LogP contribution in [-0.4, -0.2) is 41.2 Å². The van der Waals surface area contributed by atoms with E-state index in [4.69, 9.17) is 9.84 Å². The lowest BCUT2D eigenvalue weighted by molar-refractivity contribution is -0.137. The van der Waals surface area contributed by atoms with Crippen LogP contribution in [0.5, 0.6) is 0 Å². The normalized spacial score (nSPS) is 18.6. The first-order valence-corrected chi connectivity index (χ1v) is 7.54. The molecule has 1 N–H and O–H groups in total. The maximum Gasteiger partial charge on any atom is 0.304 e. The lowest BCUT2D eigenvalue weighted by Crippen LogP contribution is -2.45. The number of ether oxygens (including phenoxy) is 1. The van der Waals surface area contributed by atoms with Crippen LogP contribution in [0.3, 0.4) is 0 Å². The Labute approximate surface area is 126 Å². The number of carboxylic acids is 1. The standard InChI is InChI=1S/C17H25NO3/c1-17(2,3)18(10-8-16(19)20)12-15-14-7-5-4-6-13(14)9-11-21-15/h4-7,15H,8-12H2,1-3H3,(H,19,20). The summed E-state index contributed by atoms with van der Waals surface area (Å²) in [7, 11) is 0. The van der Waals surface area contributed by atoms with Gasteiger partial charge in [-0.1, -0.05) is 24.3 Å². The molecule has 1 heterocycles. The zero-order chi connectivity index (χ0) is 15.5. The summed E-state index contributed by atoms with van der Waals surface area (Å²) in [6.45, 7) is 8.35. The van der Waals surface area contributed by atoms with Crippen molar-refractivity contribution in [3.8, 4) is 0 Å². The predicted octanol–water partition coefficient (Wildman–Crippen LogP) is 2.88. The molecular formula is C17H25NO3. The van der Waals surface area contributed by atoms with E-state index in [-0.39, 0.29) is 18.1 Å². The van der Waals surface area contributed by atoms with Gasteiger partial charge in [0.25, 0.3) is 0 Å². The van der Waals surface area contributed by atoms with Crippen molar-refractivity contribution in [2.45, 2.75) is 45.3 Å². The molecule has 1 aliphatic rings. The highest BCUT2D eigenvalue weighted by Gasteiger charge is 2.28. The van der Waals surface area contributed by atoms with Gasteiger partial charge in [-0.2, -0.15) is 0 Å². The molecule has 4 nitrogen and oxygen atoms in total. The Hall–Kier alpha value is -1.39. The van der Waals surface area contributed by atoms with Gasteiger partial charge in [-0.25, -0.2) is 0 Å². The number of nitrogens with zero attached hydrogens (tertiary/aromatic N) is 1. The Balaban J connectivity index is 2.12. The number of carbonyl (C=O) groups is 1. The van der Waals surface area contributed by atoms with Crippen molar-refractivity contribution < 1.29 is 14.6 Å². The maximum absolute atomic E-state index is 10.9. The average molecular weight is 291 g/mol. The van der Waals surface area contributed by atoms with Crippen molar-refractivity contribution in [3.05, 3.63) is 35.4 Å². The van der Waals surface area contributed by atoms with Crippen LogP contribution in [0.25, 0.3) is 0 Å². The molecular weight excluding hydrogens is 266 g/mol. The van der Waals surface area contributed by atoms with E-state index in [9.17, 15) is 4.79 Å². The molecule has 0 bridgehead atoms. The van der Waals surface area contributed by atoms with Gasteiger partial charge in [-0.05, 0) is 38.3 Å². The molecule has 0 spiro atoms. The monoisotopic (exact) mass is 291 g/mol. The number of fused-ring (bicyclic) bond motifs is 1. The molecule has 116 valence electrons. The second-order valence-corrected chi connectivity index (χ2v) is 6.57. The summed E-state index contributed by atoms with van der Waals surface area (Å²) >= 11 is 0. The largest absolute Gasteiger partial charge is 0.481 e. The van der Waals surface area contributed by atoms with Gasteiger partial charge in [0, 0.05) is 18.6 Å². The van der Waals surface area contributed by atoms with E-state index in [1.54, 1.807) is 0 Å². The topological polar surface area (TPSA) is 49.8 Å². The van der Waals surface area contributed by atoms with Crippen molar-refractivity contribution in [2.75, 3.05) is 19.7 Å². The fourth-order valence-corrected chi connectivity index (χ4v) is 2.76. The van der Waals surface area contributed by atoms with E-state index in [0.29, 0.717) is 6.54 Å². The molecule has 2 rings (SSSR count). The Kier molecular flexibility index (Phi) is 5.01. The maximum atomic E-state index is 10.9. The fourth-order valence-electron chi connectivity index (χ4n) is 2.76. The molecule has 21 heavy (non-hydrogen) atoms. The van der Waals surface area contributed by atoms with Gasteiger partial charge in [0.2, 0.25) is 0 Å². The minimum atomic E-state index is -0.755. The van der Waals surface area contributed by atoms with Gasteiger partial charge in [0.15, 0.2) is 0 Å². The highest BCUT2D eigenvalue weighted by atomic mass is 16.5. The van der Waals surface area contributed by atoms with Crippen LogP contribution in [0.2, 0.25) is 0 Å². The van der Waals surface area contributed by atoms with Gasteiger partial charge < -0.3 is 9.84 Å². The van der Waals surface area contributed by atoms with Crippen LogP contribution in [0.4, 0.5) is 0 Å². The molecule has 1 aromatic carbocycles. The van der Waals surface area contributed by atoms with Gasteiger partial charge in [0.05, 0.1) is 19.1 Å². The van der Waals surface area contributed by atoms with Crippen LogP contribution < -0.4 is 0 Å². The minimum absolute atomic E-state index is 0.0305. The van der Waals surface area contributed by atoms with Crippen molar-refractivity contribution in [3.63, 3.8) is 0 Å². The quantitative estimate of drug-likeness (QED) is 0.906. The van der Waals surface area contributed by atoms with Crippen molar-refractivity contribution in [1.29, 1.82) is 0 Å². The second kappa shape index (κ2) is 6.58. The first-order valence-electron chi connectivity index (χ1n) is 7.54. The number of rotatable bonds is 5. The molecule has 0 amide bonds. The number of carboxylic acid groups (broad SMARTS) is 1. The number of benzene rings is 1. The van der Waals surface area contributed by atoms with E-state index >= 15 is 0 Å². The van der Waals surface area contributed by atoms with Crippen molar-refractivity contribution in [1.82, 2.24) is 4.90 Å². The summed E-state index contributed by atoms with van der Waals surface area (Å²) in [5.74, 6) is -0.755. The van der Waals surface area contributed by atoms with Gasteiger partial charge in [-0.15, -0.1) is 0 Å². The number of aliphatic carboxylic acids is 1. The molecule has 1 unspecified atom stereocenters. The number of hydrogen-bond donors (Lipinski definition) is 1. The number of hydrogen-bond acceptors (Lipinski definition) is 3. The van der Waals surface area contributed by atoms with E-state index in [1.807, 2.05) is 6.07 Å². The molecule has 1 aliphatic heterocycles. The van der Waals surface area contributed by atoms with Crippen molar-refractivity contribution >= 4 is 5.97 Å². The fraction of sp³-hybridized carbons (Fsp3) is 0.588. The van der Waals surface area contributed by atoms with Gasteiger partial charge in [0.1, 0.15) is 0 Å². The van der Waals surface area contributed by atoms with Crippen molar-refractivity contribution in [2.24, 2.45) is 0 Å². The summed E-state index contributed by atoms with van der Waals surface area (Å²) in [4.78, 5) is 13.1. The van der Waals surface area contributed by atoms with E-state index in [1.165, 1.54) is 11.1 Å². The summed E-state index contributed by atoms with van der Waals surface area (Å²) in [5.41, 5.74) is 2.51. The van der Waals surface area contributed by atoms with Crippen LogP contribution >= 0.6 is 0 Å². The first kappa shape index (κ1) is 16.0. The van der Waals surface area contributed by atoms with Gasteiger partial charge >= 0.3 is 5.97 Å². The van der Waals surface area contributed by atoms with E-state index in [2.05, 4.69) is 43.9 Å². The molecule has 0 radical (unpaired) electrons. The third kappa shape index (κ3) is 4.29. The zero-order valence-electron chi connectivity index (χ0n) is 13.1. The average Bonchev–Trinajstić information content (AvgIpc) is 2.42. The Bertz CT molecular complexity index is 493. The Morgan fingerprint density at radius 2 is 2.10 bits per heavy atom. The highest BCUT2D eigenvalue weighted by Crippen LogP contribution is 2.29. The lowest BCUT2D eigenvalue weighted by atomic mass is 9.95. The molecule has 0 saturated heterocycles. The molecule has 1 aromatic rings. The summed E-state index contributed by atoms with van der Waals surface area (Å²) < 4.78 is 5.95. The first-order chi connectivity index (χ1) is 9.88. The summed E-state index contributed by atoms with van der Waals surface area (Å²) in [5, 5.41) is 8.93. The Morgan fingerprint density at radius 1 is 1.38 bits per heavy atom. The minimum Gasteiger partial charge on any atom is -0.481 e. The van der Waals surface area contributed by atoms with E-state index in [0.717, 1.165) is 19.6 Å². The smallest absolute Gasteiger partial charge is 0.304 e. The molecule has 0 fully saturated rings. The second-order valence-electron chi connectivity index (χ2n) is 6.57. The van der Waals surface area contributed by atoms with Crippen LogP contribution in [0.1, 0.15) is 44.4 Å². The molecule has 4 heteroatoms. The molecule has 0 saturated carbocycles. The molecule has 0 aliphatic carbocycles. The van der Waals surface area contributed by atoms with E-state index < -0.39 is 5.97 Å². The molecule has 1 atom stereocenters. The summed E-state index contributed by atoms with van der Waals surface area (Å²) in [6, 6.07) is 8.38. The van der Waals surface area contributed by atoms with Crippen LogP contribution in [0.15, 0.2) is 24.3 Å². The van der Waals surface area contributed by atoms with Crippen LogP contribution in [-0.2, 0) is 16.0 Å². The predicted molar refractivity (Wildman–Crippen MR) is 82.4 cm³/mol. The lowest BCUT2D eigenvalue weighted by Gasteiger charge is -2.39. The van der Waals surface area contributed by atoms with Crippen LogP contribution in [0, 0.1) is 0 Å². The third-order valence-electron chi connectivity index (χ3n) is 4.02. The Morgan fingerprint density at radius 3 is 2.76 bits per heavy atom. The third-order valence-corrected chi connectivity index (χ3v) is 4.02. The molecule has 0 aromatic heterocycles. The SMILES string of the molecule is CC(C)(C)N(CCC(=O)O)CC1OCCc2ccccc21. The zero-order valence-corrected chi connectivity index (χ0v) is 13.1. The van der Waals surface area contributed by atoms with Gasteiger partial charge in [-0.3, -0.25) is 9.69 Å².